The Morgan fingerprint density at radius 2 is 1.11 bits per heavy atom. The molecule has 1 unspecified atom stereocenters. The SMILES string of the molecule is C=C1C[PH+](c2ccccc2)C=C1C.Cc1c(C)c(C)c(C)c(C)c1C.[Cl][Ru][Cl]. The van der Waals surface area contributed by atoms with E-state index in [1.54, 1.807) is 0 Å². The minimum atomic E-state index is -0.449. The third-order valence-corrected chi connectivity index (χ3v) is 8.54. The van der Waals surface area contributed by atoms with Crippen molar-refractivity contribution in [2.45, 2.75) is 48.5 Å². The second kappa shape index (κ2) is 12.3. The summed E-state index contributed by atoms with van der Waals surface area (Å²) in [5, 5.41) is 1.51. The van der Waals surface area contributed by atoms with Crippen LogP contribution in [0.3, 0.4) is 0 Å². The second-order valence-corrected chi connectivity index (χ2v) is 12.2. The van der Waals surface area contributed by atoms with Crippen LogP contribution in [0.15, 0.2) is 53.9 Å². The van der Waals surface area contributed by atoms with Gasteiger partial charge in [0.25, 0.3) is 0 Å². The molecule has 28 heavy (non-hydrogen) atoms. The summed E-state index contributed by atoms with van der Waals surface area (Å²) in [5.41, 5.74) is 11.5. The van der Waals surface area contributed by atoms with E-state index in [-0.39, 0.29) is 15.1 Å². The molecule has 0 bridgehead atoms. The molecule has 4 heteroatoms. The number of benzene rings is 2. The third-order valence-electron chi connectivity index (χ3n) is 5.87. The molecular weight excluding hydrogens is 491 g/mol. The summed E-state index contributed by atoms with van der Waals surface area (Å²) in [5.74, 6) is 2.42. The molecule has 1 atom stereocenters. The Labute approximate surface area is 188 Å². The molecule has 1 heterocycles. The van der Waals surface area contributed by atoms with Gasteiger partial charge in [0.2, 0.25) is 0 Å². The van der Waals surface area contributed by atoms with Crippen molar-refractivity contribution >= 4 is 32.6 Å². The predicted octanol–water partition coefficient (Wildman–Crippen LogP) is 7.91. The zero-order chi connectivity index (χ0) is 21.4. The summed E-state index contributed by atoms with van der Waals surface area (Å²) in [4.78, 5) is 0. The first-order chi connectivity index (χ1) is 13.1. The second-order valence-electron chi connectivity index (χ2n) is 7.30. The van der Waals surface area contributed by atoms with E-state index in [1.807, 2.05) is 0 Å². The molecule has 1 aliphatic rings. The zero-order valence-electron chi connectivity index (χ0n) is 18.0. The fraction of sp³-hybridized carbons (Fsp3) is 0.333. The third kappa shape index (κ3) is 6.81. The molecule has 0 N–H and O–H groups in total. The number of rotatable bonds is 1. The van der Waals surface area contributed by atoms with Gasteiger partial charge in [-0.2, -0.15) is 0 Å². The van der Waals surface area contributed by atoms with Gasteiger partial charge in [-0.25, -0.2) is 0 Å². The van der Waals surface area contributed by atoms with E-state index in [0.717, 1.165) is 0 Å². The van der Waals surface area contributed by atoms with E-state index >= 15 is 0 Å². The van der Waals surface area contributed by atoms with Gasteiger partial charge < -0.3 is 0 Å². The van der Waals surface area contributed by atoms with Crippen molar-refractivity contribution in [3.05, 3.63) is 87.3 Å². The van der Waals surface area contributed by atoms with Gasteiger partial charge in [0.1, 0.15) is 0 Å². The Balaban J connectivity index is 0.000000247. The summed E-state index contributed by atoms with van der Waals surface area (Å²) in [6.07, 6.45) is 1.19. The van der Waals surface area contributed by atoms with Gasteiger partial charge in [0.15, 0.2) is 0 Å². The fourth-order valence-electron chi connectivity index (χ4n) is 3.31. The fourth-order valence-corrected chi connectivity index (χ4v) is 5.87. The van der Waals surface area contributed by atoms with Crippen molar-refractivity contribution < 1.29 is 15.1 Å². The first-order valence-electron chi connectivity index (χ1n) is 9.32. The summed E-state index contributed by atoms with van der Waals surface area (Å²) in [6.45, 7) is 19.5. The molecule has 0 aliphatic carbocycles. The van der Waals surface area contributed by atoms with Crippen molar-refractivity contribution in [3.63, 3.8) is 0 Å². The molecule has 2 aromatic rings. The maximum absolute atomic E-state index is 4.85. The molecule has 0 radical (unpaired) electrons. The predicted molar refractivity (Wildman–Crippen MR) is 129 cm³/mol. The van der Waals surface area contributed by atoms with Crippen LogP contribution in [-0.4, -0.2) is 6.16 Å². The number of hydrogen-bond donors (Lipinski definition) is 0. The van der Waals surface area contributed by atoms with Crippen molar-refractivity contribution in [2.24, 2.45) is 0 Å². The molecule has 0 aromatic heterocycles. The molecule has 0 saturated heterocycles. The Kier molecular flexibility index (Phi) is 11.2. The molecule has 0 amide bonds. The molecule has 0 fully saturated rings. The van der Waals surface area contributed by atoms with E-state index in [2.05, 4.69) is 91.2 Å². The molecule has 2 aromatic carbocycles. The van der Waals surface area contributed by atoms with Gasteiger partial charge >= 0.3 is 34.5 Å². The maximum atomic E-state index is 4.85. The average Bonchev–Trinajstić information content (AvgIpc) is 3.04. The van der Waals surface area contributed by atoms with E-state index in [4.69, 9.17) is 19.4 Å². The zero-order valence-corrected chi connectivity index (χ0v) is 22.2. The molecule has 1 aliphatic heterocycles. The summed E-state index contributed by atoms with van der Waals surface area (Å²) >= 11 is -0.346. The van der Waals surface area contributed by atoms with E-state index in [1.165, 1.54) is 56.0 Å². The molecule has 154 valence electrons. The van der Waals surface area contributed by atoms with Gasteiger partial charge in [0, 0.05) is 0 Å². The average molecular weight is 523 g/mol. The Morgan fingerprint density at radius 3 is 1.39 bits per heavy atom. The molecule has 0 spiro atoms. The topological polar surface area (TPSA) is 0 Å². The quantitative estimate of drug-likeness (QED) is 0.263. The van der Waals surface area contributed by atoms with Crippen LogP contribution in [0, 0.1) is 41.5 Å². The molecular formula is C24H32Cl2PRu+. The van der Waals surface area contributed by atoms with Crippen LogP contribution in [0.1, 0.15) is 40.3 Å². The van der Waals surface area contributed by atoms with E-state index in [0.29, 0.717) is 0 Å². The van der Waals surface area contributed by atoms with Gasteiger partial charge in [-0.05, 0) is 105 Å². The summed E-state index contributed by atoms with van der Waals surface area (Å²) in [7, 11) is 9.26. The van der Waals surface area contributed by atoms with Crippen LogP contribution >= 0.6 is 27.3 Å². The molecule has 3 rings (SSSR count). The normalized spacial score (nSPS) is 15.4. The first kappa shape index (κ1) is 25.6. The van der Waals surface area contributed by atoms with Crippen molar-refractivity contribution in [2.75, 3.05) is 6.16 Å². The molecule has 0 nitrogen and oxygen atoms in total. The van der Waals surface area contributed by atoms with Crippen LogP contribution < -0.4 is 5.30 Å². The first-order valence-corrected chi connectivity index (χ1v) is 15.6. The summed E-state index contributed by atoms with van der Waals surface area (Å²) < 4.78 is 0. The standard InChI is InChI=1S/C12H13P.C12H18.2ClH.Ru/c1-10-8-13(9-11(10)2)12-6-4-3-5-7-12;1-7-8(2)10(4)12(6)11(5)9(7)3;;;/h3-7,9H,1,8H2,2H3;1-6H3;2*1H;/q;;;;+2/p-1. The van der Waals surface area contributed by atoms with E-state index < -0.39 is 7.92 Å². The molecule has 0 saturated carbocycles. The Morgan fingerprint density at radius 1 is 0.750 bits per heavy atom. The van der Waals surface area contributed by atoms with Crippen LogP contribution in [0.25, 0.3) is 0 Å². The van der Waals surface area contributed by atoms with Gasteiger partial charge in [-0.3, -0.25) is 0 Å². The monoisotopic (exact) mass is 523 g/mol. The van der Waals surface area contributed by atoms with Crippen LogP contribution in [-0.2, 0) is 15.1 Å². The van der Waals surface area contributed by atoms with Gasteiger partial charge in [0.05, 0.1) is 25.2 Å². The van der Waals surface area contributed by atoms with Crippen LogP contribution in [0.4, 0.5) is 0 Å². The van der Waals surface area contributed by atoms with Gasteiger partial charge in [-0.1, -0.05) is 24.8 Å². The minimum absolute atomic E-state index is 0.346. The van der Waals surface area contributed by atoms with Crippen molar-refractivity contribution in [1.29, 1.82) is 0 Å². The van der Waals surface area contributed by atoms with Crippen LogP contribution in [0.2, 0.25) is 0 Å². The number of allylic oxidation sites excluding steroid dienone is 2. The van der Waals surface area contributed by atoms with Crippen LogP contribution in [0.5, 0.6) is 0 Å². The van der Waals surface area contributed by atoms with Crippen molar-refractivity contribution in [1.82, 2.24) is 0 Å². The Hall–Kier alpha value is -0.447. The number of halogens is 2. The number of hydrogen-bond acceptors (Lipinski definition) is 0. The van der Waals surface area contributed by atoms with Crippen molar-refractivity contribution in [3.8, 4) is 0 Å². The Bertz CT molecular complexity index is 736. The van der Waals surface area contributed by atoms with Gasteiger partial charge in [-0.15, -0.1) is 0 Å². The van der Waals surface area contributed by atoms with E-state index in [9.17, 15) is 0 Å². The summed E-state index contributed by atoms with van der Waals surface area (Å²) in [6, 6.07) is 10.8.